The van der Waals surface area contributed by atoms with E-state index in [9.17, 15) is 9.59 Å². The Morgan fingerprint density at radius 1 is 0.765 bits per heavy atom. The van der Waals surface area contributed by atoms with Crippen molar-refractivity contribution in [3.8, 4) is 0 Å². The molecule has 0 heterocycles. The minimum Gasteiger partial charge on any atom is -0.396 e. The zero-order chi connectivity index (χ0) is 12.9. The molecule has 0 aliphatic heterocycles. The van der Waals surface area contributed by atoms with Gasteiger partial charge in [0.2, 0.25) is 0 Å². The molecule has 0 aromatic carbocycles. The maximum atomic E-state index is 11.4. The van der Waals surface area contributed by atoms with Crippen LogP contribution < -0.4 is 0 Å². The zero-order valence-corrected chi connectivity index (χ0v) is 10.7. The van der Waals surface area contributed by atoms with E-state index in [0.717, 1.165) is 32.1 Å². The molecule has 0 atom stereocenters. The molecule has 17 heavy (non-hydrogen) atoms. The van der Waals surface area contributed by atoms with Gasteiger partial charge < -0.3 is 5.11 Å². The number of Topliss-reactive ketones (excluding diaryl/α,β-unsaturated/α-hetero) is 2. The van der Waals surface area contributed by atoms with Crippen molar-refractivity contribution < 1.29 is 14.7 Å². The van der Waals surface area contributed by atoms with Crippen LogP contribution in [-0.2, 0) is 9.59 Å². The van der Waals surface area contributed by atoms with Crippen molar-refractivity contribution in [3.63, 3.8) is 0 Å². The minimum atomic E-state index is 0.161. The second-order valence-electron chi connectivity index (χ2n) is 4.42. The van der Waals surface area contributed by atoms with E-state index in [-0.39, 0.29) is 12.4 Å². The van der Waals surface area contributed by atoms with Gasteiger partial charge in [-0.25, -0.2) is 0 Å². The molecule has 0 aromatic heterocycles. The van der Waals surface area contributed by atoms with Crippen LogP contribution in [-0.4, -0.2) is 23.3 Å². The van der Waals surface area contributed by atoms with Crippen molar-refractivity contribution >= 4 is 11.6 Å². The van der Waals surface area contributed by atoms with Gasteiger partial charge in [-0.15, -0.1) is 0 Å². The third-order valence-electron chi connectivity index (χ3n) is 2.73. The molecule has 0 aromatic rings. The first-order valence-electron chi connectivity index (χ1n) is 6.64. The fourth-order valence-corrected chi connectivity index (χ4v) is 1.65. The summed E-state index contributed by atoms with van der Waals surface area (Å²) in [6, 6.07) is 0. The Bertz CT molecular complexity index is 212. The van der Waals surface area contributed by atoms with Crippen LogP contribution in [0.1, 0.15) is 64.2 Å². The van der Waals surface area contributed by atoms with E-state index in [1.54, 1.807) is 0 Å². The summed E-state index contributed by atoms with van der Waals surface area (Å²) in [7, 11) is 0. The second-order valence-corrected chi connectivity index (χ2v) is 4.42. The highest BCUT2D eigenvalue weighted by atomic mass is 16.3. The number of ketones is 2. The topological polar surface area (TPSA) is 54.4 Å². The van der Waals surface area contributed by atoms with Crippen molar-refractivity contribution in [2.45, 2.75) is 64.2 Å². The summed E-state index contributed by atoms with van der Waals surface area (Å²) < 4.78 is 0. The summed E-state index contributed by atoms with van der Waals surface area (Å²) in [5, 5.41) is 8.57. The smallest absolute Gasteiger partial charge is 0.132 e. The third-order valence-corrected chi connectivity index (χ3v) is 2.73. The Morgan fingerprint density at radius 2 is 1.18 bits per heavy atom. The molecule has 0 fully saturated rings. The summed E-state index contributed by atoms with van der Waals surface area (Å²) in [5.74, 6) is 0.546. The van der Waals surface area contributed by atoms with Crippen molar-refractivity contribution in [3.05, 3.63) is 6.92 Å². The maximum Gasteiger partial charge on any atom is 0.132 e. The molecular formula is C14H25O3. The molecule has 3 heteroatoms. The van der Waals surface area contributed by atoms with Gasteiger partial charge >= 0.3 is 0 Å². The highest BCUT2D eigenvalue weighted by Crippen LogP contribution is 2.07. The number of hydrogen-bond acceptors (Lipinski definition) is 3. The summed E-state index contributed by atoms with van der Waals surface area (Å²) in [6.07, 6.45) is 7.18. The lowest BCUT2D eigenvalue weighted by molar-refractivity contribution is -0.121. The van der Waals surface area contributed by atoms with Gasteiger partial charge in [-0.1, -0.05) is 13.3 Å². The van der Waals surface area contributed by atoms with Crippen LogP contribution >= 0.6 is 0 Å². The Hall–Kier alpha value is -0.700. The van der Waals surface area contributed by atoms with Gasteiger partial charge in [0.25, 0.3) is 0 Å². The lowest BCUT2D eigenvalue weighted by Gasteiger charge is -2.01. The molecule has 0 spiro atoms. The number of carbonyl (C=O) groups excluding carboxylic acids is 2. The van der Waals surface area contributed by atoms with Gasteiger partial charge in [0.1, 0.15) is 11.6 Å². The Labute approximate surface area is 105 Å². The predicted octanol–water partition coefficient (Wildman–Crippen LogP) is 2.85. The first-order valence-corrected chi connectivity index (χ1v) is 6.64. The summed E-state index contributed by atoms with van der Waals surface area (Å²) in [4.78, 5) is 22.7. The van der Waals surface area contributed by atoms with Crippen molar-refractivity contribution in [2.24, 2.45) is 0 Å². The largest absolute Gasteiger partial charge is 0.396 e. The predicted molar refractivity (Wildman–Crippen MR) is 68.6 cm³/mol. The molecule has 1 radical (unpaired) electrons. The van der Waals surface area contributed by atoms with Crippen molar-refractivity contribution in [2.75, 3.05) is 6.61 Å². The van der Waals surface area contributed by atoms with Gasteiger partial charge in [-0.05, 0) is 32.1 Å². The molecule has 0 saturated heterocycles. The van der Waals surface area contributed by atoms with Gasteiger partial charge in [-0.2, -0.15) is 0 Å². The van der Waals surface area contributed by atoms with Gasteiger partial charge in [0.15, 0.2) is 0 Å². The van der Waals surface area contributed by atoms with Crippen molar-refractivity contribution in [1.82, 2.24) is 0 Å². The van der Waals surface area contributed by atoms with Crippen LogP contribution in [0, 0.1) is 6.92 Å². The van der Waals surface area contributed by atoms with Gasteiger partial charge in [0.05, 0.1) is 0 Å². The van der Waals surface area contributed by atoms with E-state index in [4.69, 9.17) is 5.11 Å². The number of aliphatic hydroxyl groups is 1. The highest BCUT2D eigenvalue weighted by Gasteiger charge is 2.04. The Balaban J connectivity index is 3.32. The highest BCUT2D eigenvalue weighted by molar-refractivity contribution is 5.79. The molecule has 0 aliphatic rings. The number of aliphatic hydroxyl groups excluding tert-OH is 1. The average molecular weight is 241 g/mol. The van der Waals surface area contributed by atoms with E-state index in [2.05, 4.69) is 6.92 Å². The molecule has 99 valence electrons. The molecule has 0 saturated carbocycles. The standard InChI is InChI=1S/C14H25O3/c1-2-3-8-13(16)9-4-5-10-14(17)11-6-7-12-15/h15H,1-12H2. The molecule has 3 nitrogen and oxygen atoms in total. The summed E-state index contributed by atoms with van der Waals surface area (Å²) >= 11 is 0. The van der Waals surface area contributed by atoms with Crippen LogP contribution in [0.3, 0.4) is 0 Å². The van der Waals surface area contributed by atoms with Crippen LogP contribution in [0.2, 0.25) is 0 Å². The second kappa shape index (κ2) is 11.8. The normalized spacial score (nSPS) is 10.5. The van der Waals surface area contributed by atoms with Gasteiger partial charge in [-0.3, -0.25) is 9.59 Å². The van der Waals surface area contributed by atoms with Crippen molar-refractivity contribution in [1.29, 1.82) is 0 Å². The first kappa shape index (κ1) is 16.3. The van der Waals surface area contributed by atoms with Crippen LogP contribution in [0.15, 0.2) is 0 Å². The average Bonchev–Trinajstić information content (AvgIpc) is 2.32. The summed E-state index contributed by atoms with van der Waals surface area (Å²) in [5.41, 5.74) is 0. The van der Waals surface area contributed by atoms with E-state index < -0.39 is 0 Å². The van der Waals surface area contributed by atoms with E-state index in [1.165, 1.54) is 0 Å². The monoisotopic (exact) mass is 241 g/mol. The Morgan fingerprint density at radius 3 is 1.59 bits per heavy atom. The number of carbonyl (C=O) groups is 2. The third kappa shape index (κ3) is 11.6. The van der Waals surface area contributed by atoms with E-state index in [1.807, 2.05) is 0 Å². The van der Waals surface area contributed by atoms with Gasteiger partial charge in [0, 0.05) is 32.3 Å². The van der Waals surface area contributed by atoms with Crippen LogP contribution in [0.25, 0.3) is 0 Å². The molecule has 0 bridgehead atoms. The molecular weight excluding hydrogens is 216 g/mol. The Kier molecular flexibility index (Phi) is 11.3. The molecule has 1 N–H and O–H groups in total. The molecule has 0 rings (SSSR count). The number of hydrogen-bond donors (Lipinski definition) is 1. The van der Waals surface area contributed by atoms with E-state index >= 15 is 0 Å². The fraction of sp³-hybridized carbons (Fsp3) is 0.786. The minimum absolute atomic E-state index is 0.161. The summed E-state index contributed by atoms with van der Waals surface area (Å²) in [6.45, 7) is 3.86. The quantitative estimate of drug-likeness (QED) is 0.534. The number of unbranched alkanes of at least 4 members (excludes halogenated alkanes) is 3. The zero-order valence-electron chi connectivity index (χ0n) is 10.7. The van der Waals surface area contributed by atoms with Crippen LogP contribution in [0.4, 0.5) is 0 Å². The number of rotatable bonds is 12. The molecule has 0 aliphatic carbocycles. The lowest BCUT2D eigenvalue weighted by atomic mass is 10.0. The molecule has 0 unspecified atom stereocenters. The first-order chi connectivity index (χ1) is 8.20. The maximum absolute atomic E-state index is 11.4. The fourth-order valence-electron chi connectivity index (χ4n) is 1.65. The SMILES string of the molecule is [CH2]CCCC(=O)CCCCC(=O)CCCCO. The molecule has 0 amide bonds. The van der Waals surface area contributed by atoms with Crippen LogP contribution in [0.5, 0.6) is 0 Å². The van der Waals surface area contributed by atoms with E-state index in [0.29, 0.717) is 37.9 Å². The lowest BCUT2D eigenvalue weighted by Crippen LogP contribution is -2.01.